The molecule has 0 unspecified atom stereocenters. The van der Waals surface area contributed by atoms with Crippen molar-refractivity contribution in [2.75, 3.05) is 7.05 Å². The highest BCUT2D eigenvalue weighted by Crippen LogP contribution is 2.63. The zero-order chi connectivity index (χ0) is 39.4. The fourth-order valence-corrected chi connectivity index (χ4v) is 8.81. The number of fused-ring (bicyclic) bond motifs is 7. The first kappa shape index (κ1) is 37.3. The average molecular weight is 737 g/mol. The summed E-state index contributed by atoms with van der Waals surface area (Å²) in [5, 5.41) is 5.49. The summed E-state index contributed by atoms with van der Waals surface area (Å²) in [6, 6.07) is 72.2. The van der Waals surface area contributed by atoms with Crippen LogP contribution in [0.25, 0.3) is 54.9 Å². The highest BCUT2D eigenvalue weighted by atomic mass is 14.5. The molecule has 1 spiro atoms. The molecule has 0 saturated carbocycles. The Morgan fingerprint density at radius 3 is 1.40 bits per heavy atom. The van der Waals surface area contributed by atoms with E-state index in [1.807, 2.05) is 36.4 Å². The second-order valence-electron chi connectivity index (χ2n) is 14.7. The molecule has 0 fully saturated rings. The summed E-state index contributed by atoms with van der Waals surface area (Å²) in [6.07, 6.45) is 0. The molecule has 2 aliphatic carbocycles. The van der Waals surface area contributed by atoms with Gasteiger partial charge in [0, 0.05) is 6.54 Å². The van der Waals surface area contributed by atoms with Crippen LogP contribution in [-0.2, 0) is 12.0 Å². The second-order valence-corrected chi connectivity index (χ2v) is 14.7. The zero-order valence-corrected chi connectivity index (χ0v) is 32.9. The quantitative estimate of drug-likeness (QED) is 0.177. The van der Waals surface area contributed by atoms with Gasteiger partial charge >= 0.3 is 0 Å². The Balaban J connectivity index is 0.000000163. The molecule has 57 heavy (non-hydrogen) atoms. The van der Waals surface area contributed by atoms with Crippen molar-refractivity contribution in [3.63, 3.8) is 0 Å². The van der Waals surface area contributed by atoms with E-state index < -0.39 is 0 Å². The number of nitrogens with two attached hydrogens (primary N) is 2. The molecule has 0 aliphatic heterocycles. The number of hydrogen-bond donors (Lipinski definition) is 2. The smallest absolute Gasteiger partial charge is 0.0726 e. The van der Waals surface area contributed by atoms with E-state index in [2.05, 4.69) is 183 Å². The highest BCUT2D eigenvalue weighted by Gasteiger charge is 2.51. The van der Waals surface area contributed by atoms with Gasteiger partial charge in [0.2, 0.25) is 0 Å². The summed E-state index contributed by atoms with van der Waals surface area (Å²) in [5.74, 6) is 0. The Labute approximate surface area is 337 Å². The van der Waals surface area contributed by atoms with E-state index in [-0.39, 0.29) is 5.41 Å². The molecule has 2 aliphatic rings. The van der Waals surface area contributed by atoms with Gasteiger partial charge in [-0.3, -0.25) is 0 Å². The molecule has 0 atom stereocenters. The monoisotopic (exact) mass is 736 g/mol. The van der Waals surface area contributed by atoms with Gasteiger partial charge in [-0.05, 0) is 104 Å². The van der Waals surface area contributed by atoms with Gasteiger partial charge in [-0.15, -0.1) is 0 Å². The number of rotatable bonds is 3. The van der Waals surface area contributed by atoms with Crippen molar-refractivity contribution < 1.29 is 0 Å². The normalized spacial score (nSPS) is 12.2. The van der Waals surface area contributed by atoms with E-state index in [4.69, 9.17) is 5.73 Å². The molecule has 0 aromatic heterocycles. The van der Waals surface area contributed by atoms with Crippen LogP contribution < -0.4 is 11.5 Å². The third-order valence-corrected chi connectivity index (χ3v) is 11.4. The van der Waals surface area contributed by atoms with Crippen molar-refractivity contribution in [3.05, 3.63) is 239 Å². The summed E-state index contributed by atoms with van der Waals surface area (Å²) in [4.78, 5) is 0. The Hall–Kier alpha value is -6.58. The second kappa shape index (κ2) is 16.3. The van der Waals surface area contributed by atoms with E-state index in [1.165, 1.54) is 101 Å². The lowest BCUT2D eigenvalue weighted by Crippen LogP contribution is -2.26. The van der Waals surface area contributed by atoms with Gasteiger partial charge in [0.15, 0.2) is 0 Å². The third-order valence-electron chi connectivity index (χ3n) is 11.4. The van der Waals surface area contributed by atoms with Crippen molar-refractivity contribution in [1.82, 2.24) is 0 Å². The Morgan fingerprint density at radius 2 is 0.825 bits per heavy atom. The number of benzene rings is 9. The summed E-state index contributed by atoms with van der Waals surface area (Å²) >= 11 is 0. The van der Waals surface area contributed by atoms with Gasteiger partial charge in [0.25, 0.3) is 0 Å². The first-order valence-corrected chi connectivity index (χ1v) is 19.8. The summed E-state index contributed by atoms with van der Waals surface area (Å²) < 4.78 is 0. The maximum Gasteiger partial charge on any atom is 0.0726 e. The minimum atomic E-state index is -0.282. The van der Waals surface area contributed by atoms with Gasteiger partial charge in [-0.1, -0.05) is 211 Å². The molecular formula is C55H48N2. The van der Waals surface area contributed by atoms with Gasteiger partial charge < -0.3 is 11.5 Å². The van der Waals surface area contributed by atoms with Crippen LogP contribution in [0.2, 0.25) is 0 Å². The molecule has 11 rings (SSSR count). The number of aryl methyl sites for hydroxylation is 2. The van der Waals surface area contributed by atoms with Crippen molar-refractivity contribution in [2.45, 2.75) is 25.8 Å². The Morgan fingerprint density at radius 1 is 0.368 bits per heavy atom. The van der Waals surface area contributed by atoms with Crippen LogP contribution in [0.3, 0.4) is 0 Å². The van der Waals surface area contributed by atoms with E-state index in [1.54, 1.807) is 0 Å². The minimum Gasteiger partial charge on any atom is -0.333 e. The van der Waals surface area contributed by atoms with Crippen LogP contribution in [0.15, 0.2) is 200 Å². The lowest BCUT2D eigenvalue weighted by atomic mass is 9.70. The first-order chi connectivity index (χ1) is 28.1. The Bertz CT molecular complexity index is 2720. The van der Waals surface area contributed by atoms with Gasteiger partial charge in [0.05, 0.1) is 5.41 Å². The number of hydrogen-bond acceptors (Lipinski definition) is 2. The lowest BCUT2D eigenvalue weighted by Gasteiger charge is -2.31. The third kappa shape index (κ3) is 6.63. The Kier molecular flexibility index (Phi) is 10.7. The van der Waals surface area contributed by atoms with E-state index in [0.29, 0.717) is 6.54 Å². The van der Waals surface area contributed by atoms with E-state index >= 15 is 0 Å². The molecule has 9 aromatic carbocycles. The van der Waals surface area contributed by atoms with Gasteiger partial charge in [-0.25, -0.2) is 0 Å². The predicted molar refractivity (Wildman–Crippen MR) is 244 cm³/mol. The lowest BCUT2D eigenvalue weighted by molar-refractivity contribution is 0.797. The van der Waals surface area contributed by atoms with Crippen molar-refractivity contribution in [2.24, 2.45) is 11.5 Å². The molecule has 2 heteroatoms. The minimum absolute atomic E-state index is 0.282. The summed E-state index contributed by atoms with van der Waals surface area (Å²) in [7, 11) is 1.50. The van der Waals surface area contributed by atoms with Crippen LogP contribution in [-0.4, -0.2) is 7.05 Å². The fraction of sp³-hybridized carbons (Fsp3) is 0.0909. The molecule has 0 radical (unpaired) electrons. The summed E-state index contributed by atoms with van der Waals surface area (Å²) in [5.41, 5.74) is 27.0. The van der Waals surface area contributed by atoms with Crippen LogP contribution in [0.5, 0.6) is 0 Å². The van der Waals surface area contributed by atoms with Crippen LogP contribution >= 0.6 is 0 Å². The topological polar surface area (TPSA) is 52.0 Å². The van der Waals surface area contributed by atoms with Crippen molar-refractivity contribution in [1.29, 1.82) is 0 Å². The van der Waals surface area contributed by atoms with E-state index in [0.717, 1.165) is 0 Å². The molecule has 0 saturated heterocycles. The standard InChI is InChI=1S/C34H22.C13H13N.C7H8.CH5N/c1-21-15-17-22(18-16-21)25-10-6-14-30-33(25)26-9-2-3-11-27(26)34(30)28-12-4-7-23-19-20-24-8-5-13-29(34)32(24)31(23)28;14-10-11-6-8-13(9-7-11)12-4-2-1-3-5-12;1-7-5-3-2-4-6-7;1-2/h2-20H,1H3;1-9H,10,14H2;2-6H,1H3;2H2,1H3. The molecule has 4 N–H and O–H groups in total. The molecular weight excluding hydrogens is 689 g/mol. The molecule has 9 aromatic rings. The van der Waals surface area contributed by atoms with Crippen LogP contribution in [0.1, 0.15) is 38.9 Å². The molecule has 278 valence electrons. The molecule has 0 amide bonds. The SMILES string of the molecule is CN.Cc1ccc(-c2cccc3c2-c2ccccc2C32c3cccc4ccc5cccc2c5c34)cc1.Cc1ccccc1.NCc1ccc(-c2ccccc2)cc1. The van der Waals surface area contributed by atoms with Crippen LogP contribution in [0.4, 0.5) is 0 Å². The first-order valence-electron chi connectivity index (χ1n) is 19.8. The fourth-order valence-electron chi connectivity index (χ4n) is 8.81. The van der Waals surface area contributed by atoms with Crippen molar-refractivity contribution >= 4 is 21.5 Å². The summed E-state index contributed by atoms with van der Waals surface area (Å²) in [6.45, 7) is 4.84. The van der Waals surface area contributed by atoms with E-state index in [9.17, 15) is 0 Å². The highest BCUT2D eigenvalue weighted by molar-refractivity contribution is 6.17. The predicted octanol–water partition coefficient (Wildman–Crippen LogP) is 13.0. The zero-order valence-electron chi connectivity index (χ0n) is 32.9. The van der Waals surface area contributed by atoms with Crippen molar-refractivity contribution in [3.8, 4) is 33.4 Å². The maximum absolute atomic E-state index is 5.54. The van der Waals surface area contributed by atoms with Gasteiger partial charge in [-0.2, -0.15) is 0 Å². The van der Waals surface area contributed by atoms with Crippen LogP contribution in [0, 0.1) is 13.8 Å². The average Bonchev–Trinajstić information content (AvgIpc) is 3.76. The molecule has 2 nitrogen and oxygen atoms in total. The largest absolute Gasteiger partial charge is 0.333 e. The molecule has 0 heterocycles. The molecule has 0 bridgehead atoms. The van der Waals surface area contributed by atoms with Gasteiger partial charge in [0.1, 0.15) is 0 Å². The maximum atomic E-state index is 5.54.